The fourth-order valence-corrected chi connectivity index (χ4v) is 2.58. The summed E-state index contributed by atoms with van der Waals surface area (Å²) in [6.07, 6.45) is 0. The molecule has 2 aromatic carbocycles. The second-order valence-corrected chi connectivity index (χ2v) is 5.86. The molecule has 0 aliphatic rings. The predicted octanol–water partition coefficient (Wildman–Crippen LogP) is 3.70. The van der Waals surface area contributed by atoms with Gasteiger partial charge >= 0.3 is 11.6 Å². The van der Waals surface area contributed by atoms with Crippen LogP contribution in [0.4, 0.5) is 5.69 Å². The monoisotopic (exact) mass is 337 g/mol. The van der Waals surface area contributed by atoms with Crippen LogP contribution in [0.1, 0.15) is 17.3 Å². The lowest BCUT2D eigenvalue weighted by Gasteiger charge is -2.12. The lowest BCUT2D eigenvalue weighted by atomic mass is 10.0. The Morgan fingerprint density at radius 1 is 1.08 bits per heavy atom. The van der Waals surface area contributed by atoms with Crippen molar-refractivity contribution in [3.63, 3.8) is 0 Å². The molecule has 0 saturated carbocycles. The molecular weight excluding hydrogens is 318 g/mol. The maximum atomic E-state index is 12.4. The molecule has 3 aromatic rings. The summed E-state index contributed by atoms with van der Waals surface area (Å²) in [6.45, 7) is 2.08. The van der Waals surface area contributed by atoms with Crippen molar-refractivity contribution < 1.29 is 13.9 Å². The molecule has 25 heavy (non-hydrogen) atoms. The van der Waals surface area contributed by atoms with Gasteiger partial charge in [0, 0.05) is 31.2 Å². The number of fused-ring (bicyclic) bond motifs is 1. The summed E-state index contributed by atoms with van der Waals surface area (Å²) in [5.41, 5.74) is 2.70. The first-order valence-electron chi connectivity index (χ1n) is 8.02. The molecule has 0 fully saturated rings. The van der Waals surface area contributed by atoms with Gasteiger partial charge in [-0.1, -0.05) is 12.1 Å². The molecule has 0 amide bonds. The molecule has 0 aliphatic heterocycles. The fraction of sp³-hybridized carbons (Fsp3) is 0.200. The third kappa shape index (κ3) is 3.40. The molecule has 3 rings (SSSR count). The Labute approximate surface area is 145 Å². The molecule has 0 radical (unpaired) electrons. The van der Waals surface area contributed by atoms with Crippen LogP contribution in [0, 0.1) is 0 Å². The van der Waals surface area contributed by atoms with E-state index in [1.54, 1.807) is 37.3 Å². The zero-order chi connectivity index (χ0) is 18.0. The highest BCUT2D eigenvalue weighted by Crippen LogP contribution is 2.24. The predicted molar refractivity (Wildman–Crippen MR) is 98.2 cm³/mol. The van der Waals surface area contributed by atoms with Gasteiger partial charge in [0.2, 0.25) is 0 Å². The van der Waals surface area contributed by atoms with Gasteiger partial charge in [0.05, 0.1) is 17.7 Å². The maximum Gasteiger partial charge on any atom is 0.344 e. The average molecular weight is 337 g/mol. The maximum absolute atomic E-state index is 12.4. The van der Waals surface area contributed by atoms with Gasteiger partial charge in [-0.3, -0.25) is 0 Å². The van der Waals surface area contributed by atoms with Gasteiger partial charge in [-0.15, -0.1) is 0 Å². The first-order chi connectivity index (χ1) is 12.0. The van der Waals surface area contributed by atoms with Crippen molar-refractivity contribution in [1.29, 1.82) is 0 Å². The van der Waals surface area contributed by atoms with Gasteiger partial charge < -0.3 is 14.1 Å². The van der Waals surface area contributed by atoms with Crippen LogP contribution in [0.3, 0.4) is 0 Å². The van der Waals surface area contributed by atoms with E-state index in [0.717, 1.165) is 11.1 Å². The van der Waals surface area contributed by atoms with E-state index in [1.807, 2.05) is 37.2 Å². The van der Waals surface area contributed by atoms with E-state index in [1.165, 1.54) is 0 Å². The molecule has 0 N–H and O–H groups in total. The number of carbonyl (C=O) groups excluding carboxylic acids is 1. The van der Waals surface area contributed by atoms with Crippen LogP contribution in [0.2, 0.25) is 0 Å². The van der Waals surface area contributed by atoms with Crippen molar-refractivity contribution in [2.75, 3.05) is 25.6 Å². The zero-order valence-corrected chi connectivity index (χ0v) is 14.4. The van der Waals surface area contributed by atoms with E-state index in [2.05, 4.69) is 0 Å². The van der Waals surface area contributed by atoms with E-state index in [-0.39, 0.29) is 5.97 Å². The van der Waals surface area contributed by atoms with Crippen LogP contribution < -0.4 is 10.5 Å². The lowest BCUT2D eigenvalue weighted by Crippen LogP contribution is -2.09. The highest BCUT2D eigenvalue weighted by Gasteiger charge is 2.11. The van der Waals surface area contributed by atoms with Crippen LogP contribution in [0.15, 0.2) is 57.7 Å². The van der Waals surface area contributed by atoms with Crippen molar-refractivity contribution in [1.82, 2.24) is 0 Å². The van der Waals surface area contributed by atoms with Crippen LogP contribution >= 0.6 is 0 Å². The summed E-state index contributed by atoms with van der Waals surface area (Å²) in [5, 5.41) is 0.842. The molecule has 0 saturated heterocycles. The molecular formula is C20H19NO4. The Morgan fingerprint density at radius 3 is 2.44 bits per heavy atom. The van der Waals surface area contributed by atoms with Crippen LogP contribution in [0.5, 0.6) is 0 Å². The van der Waals surface area contributed by atoms with Crippen molar-refractivity contribution in [3.8, 4) is 11.1 Å². The first kappa shape index (κ1) is 16.8. The number of nitrogens with zero attached hydrogens (tertiary/aromatic N) is 1. The molecule has 0 atom stereocenters. The first-order valence-corrected chi connectivity index (χ1v) is 8.02. The van der Waals surface area contributed by atoms with E-state index in [0.29, 0.717) is 28.9 Å². The standard InChI is InChI=1S/C20H19NO4/c1-4-24-19(22)14-7-5-13(6-8-14)17-11-15-9-10-16(21(2)3)12-18(15)25-20(17)23/h5-12H,4H2,1-3H3. The normalized spacial score (nSPS) is 10.7. The van der Waals surface area contributed by atoms with Crippen molar-refractivity contribution in [3.05, 3.63) is 64.5 Å². The summed E-state index contributed by atoms with van der Waals surface area (Å²) < 4.78 is 10.4. The summed E-state index contributed by atoms with van der Waals surface area (Å²) in [6, 6.07) is 14.3. The summed E-state index contributed by atoms with van der Waals surface area (Å²) >= 11 is 0. The van der Waals surface area contributed by atoms with Gasteiger partial charge in [0.15, 0.2) is 0 Å². The largest absolute Gasteiger partial charge is 0.462 e. The third-order valence-electron chi connectivity index (χ3n) is 3.94. The molecule has 1 aromatic heterocycles. The topological polar surface area (TPSA) is 59.8 Å². The average Bonchev–Trinajstić information content (AvgIpc) is 2.61. The van der Waals surface area contributed by atoms with Gasteiger partial charge in [0.1, 0.15) is 5.58 Å². The summed E-state index contributed by atoms with van der Waals surface area (Å²) in [4.78, 5) is 26.0. The smallest absolute Gasteiger partial charge is 0.344 e. The van der Waals surface area contributed by atoms with E-state index in [9.17, 15) is 9.59 Å². The zero-order valence-electron chi connectivity index (χ0n) is 14.4. The Hall–Kier alpha value is -3.08. The number of hydrogen-bond donors (Lipinski definition) is 0. The van der Waals surface area contributed by atoms with Gasteiger partial charge in [-0.2, -0.15) is 0 Å². The van der Waals surface area contributed by atoms with Crippen LogP contribution in [-0.2, 0) is 4.74 Å². The highest BCUT2D eigenvalue weighted by molar-refractivity contribution is 5.90. The molecule has 5 nitrogen and oxygen atoms in total. The van der Waals surface area contributed by atoms with Crippen molar-refractivity contribution in [2.45, 2.75) is 6.92 Å². The second-order valence-electron chi connectivity index (χ2n) is 5.86. The van der Waals surface area contributed by atoms with Crippen LogP contribution in [0.25, 0.3) is 22.1 Å². The highest BCUT2D eigenvalue weighted by atomic mass is 16.5. The molecule has 0 spiro atoms. The Kier molecular flexibility index (Phi) is 4.57. The number of benzene rings is 2. The third-order valence-corrected chi connectivity index (χ3v) is 3.94. The number of rotatable bonds is 4. The van der Waals surface area contributed by atoms with E-state index < -0.39 is 5.63 Å². The van der Waals surface area contributed by atoms with Gasteiger partial charge in [0.25, 0.3) is 0 Å². The Morgan fingerprint density at radius 2 is 1.80 bits per heavy atom. The minimum absolute atomic E-state index is 0.323. The fourth-order valence-electron chi connectivity index (χ4n) is 2.58. The molecule has 0 bridgehead atoms. The number of anilines is 1. The minimum atomic E-state index is -0.410. The number of carbonyl (C=O) groups is 1. The van der Waals surface area contributed by atoms with E-state index in [4.69, 9.17) is 9.15 Å². The Balaban J connectivity index is 2.01. The molecule has 0 aliphatic carbocycles. The summed E-state index contributed by atoms with van der Waals surface area (Å²) in [7, 11) is 3.86. The second kappa shape index (κ2) is 6.81. The molecule has 5 heteroatoms. The van der Waals surface area contributed by atoms with E-state index >= 15 is 0 Å². The number of esters is 1. The molecule has 128 valence electrons. The quantitative estimate of drug-likeness (QED) is 0.537. The summed E-state index contributed by atoms with van der Waals surface area (Å²) in [5.74, 6) is -0.379. The minimum Gasteiger partial charge on any atom is -0.462 e. The van der Waals surface area contributed by atoms with Crippen LogP contribution in [-0.4, -0.2) is 26.7 Å². The van der Waals surface area contributed by atoms with Gasteiger partial charge in [-0.25, -0.2) is 9.59 Å². The van der Waals surface area contributed by atoms with Gasteiger partial charge in [-0.05, 0) is 42.8 Å². The Bertz CT molecular complexity index is 971. The molecule has 0 unspecified atom stereocenters. The number of ether oxygens (including phenoxy) is 1. The molecule has 1 heterocycles. The SMILES string of the molecule is CCOC(=O)c1ccc(-c2cc3ccc(N(C)C)cc3oc2=O)cc1. The van der Waals surface area contributed by atoms with Crippen molar-refractivity contribution >= 4 is 22.6 Å². The van der Waals surface area contributed by atoms with Crippen molar-refractivity contribution in [2.24, 2.45) is 0 Å². The number of hydrogen-bond acceptors (Lipinski definition) is 5. The lowest BCUT2D eigenvalue weighted by molar-refractivity contribution is 0.0526.